The van der Waals surface area contributed by atoms with Crippen LogP contribution in [0.25, 0.3) is 5.57 Å². The Kier molecular flexibility index (Phi) is 3.25. The zero-order valence-electron chi connectivity index (χ0n) is 10.9. The summed E-state index contributed by atoms with van der Waals surface area (Å²) in [6.07, 6.45) is 5.00. The Labute approximate surface area is 119 Å². The first-order valence-electron chi connectivity index (χ1n) is 6.44. The zero-order chi connectivity index (χ0) is 15.0. The number of carboxylic acids is 1. The fourth-order valence-corrected chi connectivity index (χ4v) is 2.57. The van der Waals surface area contributed by atoms with Crippen LogP contribution < -0.4 is 0 Å². The number of pyridine rings is 1. The molecule has 1 aliphatic rings. The van der Waals surface area contributed by atoms with Crippen LogP contribution in [-0.2, 0) is 6.42 Å². The minimum absolute atomic E-state index is 0.0939. The van der Waals surface area contributed by atoms with Gasteiger partial charge in [-0.05, 0) is 41.7 Å². The van der Waals surface area contributed by atoms with E-state index >= 15 is 0 Å². The van der Waals surface area contributed by atoms with Crippen LogP contribution in [0.1, 0.15) is 33.5 Å². The summed E-state index contributed by atoms with van der Waals surface area (Å²) in [6.45, 7) is 0. The van der Waals surface area contributed by atoms with E-state index in [0.717, 1.165) is 18.0 Å². The van der Waals surface area contributed by atoms with Gasteiger partial charge in [-0.15, -0.1) is 0 Å². The fourth-order valence-electron chi connectivity index (χ4n) is 2.57. The van der Waals surface area contributed by atoms with Crippen molar-refractivity contribution in [2.45, 2.75) is 12.8 Å². The third-order valence-electron chi connectivity index (χ3n) is 3.53. The lowest BCUT2D eigenvalue weighted by atomic mass is 9.86. The number of halogens is 2. The van der Waals surface area contributed by atoms with Gasteiger partial charge in [-0.3, -0.25) is 4.98 Å². The molecule has 1 heterocycles. The average Bonchev–Trinajstić information content (AvgIpc) is 2.46. The molecule has 0 bridgehead atoms. The quantitative estimate of drug-likeness (QED) is 0.920. The van der Waals surface area contributed by atoms with Crippen molar-refractivity contribution >= 4 is 11.5 Å². The number of aromatic nitrogens is 1. The van der Waals surface area contributed by atoms with E-state index in [-0.39, 0.29) is 11.1 Å². The lowest BCUT2D eigenvalue weighted by molar-refractivity contribution is 0.0697. The maximum atomic E-state index is 13.9. The second kappa shape index (κ2) is 5.09. The third-order valence-corrected chi connectivity index (χ3v) is 3.53. The number of carboxylic acid groups (broad SMARTS) is 1. The van der Waals surface area contributed by atoms with Crippen LogP contribution in [0.2, 0.25) is 0 Å². The molecule has 0 aliphatic heterocycles. The number of nitrogens with zero attached hydrogens (tertiary/aromatic N) is 1. The van der Waals surface area contributed by atoms with Gasteiger partial charge in [0.15, 0.2) is 11.6 Å². The molecule has 0 saturated carbocycles. The second-order valence-corrected chi connectivity index (χ2v) is 4.81. The second-order valence-electron chi connectivity index (χ2n) is 4.81. The highest BCUT2D eigenvalue weighted by molar-refractivity contribution is 5.91. The Hall–Kier alpha value is -2.56. The van der Waals surface area contributed by atoms with E-state index in [1.165, 1.54) is 12.1 Å². The molecule has 1 aromatic heterocycles. The molecule has 0 radical (unpaired) electrons. The Morgan fingerprint density at radius 3 is 2.57 bits per heavy atom. The van der Waals surface area contributed by atoms with Crippen LogP contribution in [-0.4, -0.2) is 16.1 Å². The first-order valence-corrected chi connectivity index (χ1v) is 6.44. The summed E-state index contributed by atoms with van der Waals surface area (Å²) in [6, 6.07) is 4.66. The predicted octanol–water partition coefficient (Wildman–Crippen LogP) is 3.44. The van der Waals surface area contributed by atoms with E-state index in [1.807, 2.05) is 0 Å². The zero-order valence-corrected chi connectivity index (χ0v) is 10.9. The van der Waals surface area contributed by atoms with Gasteiger partial charge in [0.05, 0.1) is 23.5 Å². The molecule has 0 amide bonds. The van der Waals surface area contributed by atoms with Gasteiger partial charge in [-0.25, -0.2) is 13.6 Å². The van der Waals surface area contributed by atoms with E-state index in [0.29, 0.717) is 24.0 Å². The molecule has 5 heteroatoms. The smallest absolute Gasteiger partial charge is 0.335 e. The summed E-state index contributed by atoms with van der Waals surface area (Å²) < 4.78 is 27.9. The Morgan fingerprint density at radius 1 is 1.19 bits per heavy atom. The number of fused-ring (bicyclic) bond motifs is 1. The van der Waals surface area contributed by atoms with Crippen molar-refractivity contribution in [2.24, 2.45) is 0 Å². The number of aryl methyl sites for hydroxylation is 1. The van der Waals surface area contributed by atoms with Gasteiger partial charge in [-0.1, -0.05) is 12.1 Å². The van der Waals surface area contributed by atoms with Crippen LogP contribution >= 0.6 is 0 Å². The SMILES string of the molecule is O=C(O)c1ccc2c(c1)C(c1c(F)cncc1F)=CCC2. The van der Waals surface area contributed by atoms with Crippen molar-refractivity contribution in [3.05, 3.63) is 70.6 Å². The van der Waals surface area contributed by atoms with Crippen LogP contribution in [0.15, 0.2) is 36.7 Å². The monoisotopic (exact) mass is 287 g/mol. The van der Waals surface area contributed by atoms with Crippen molar-refractivity contribution < 1.29 is 18.7 Å². The molecule has 0 atom stereocenters. The molecule has 1 aliphatic carbocycles. The molecular weight excluding hydrogens is 276 g/mol. The minimum Gasteiger partial charge on any atom is -0.478 e. The number of carbonyl (C=O) groups is 1. The van der Waals surface area contributed by atoms with Gasteiger partial charge in [-0.2, -0.15) is 0 Å². The highest BCUT2D eigenvalue weighted by Crippen LogP contribution is 2.34. The fraction of sp³-hybridized carbons (Fsp3) is 0.125. The van der Waals surface area contributed by atoms with Gasteiger partial charge in [0.2, 0.25) is 0 Å². The molecule has 106 valence electrons. The van der Waals surface area contributed by atoms with Crippen molar-refractivity contribution in [3.8, 4) is 0 Å². The molecule has 1 aromatic carbocycles. The minimum atomic E-state index is -1.07. The largest absolute Gasteiger partial charge is 0.478 e. The lowest BCUT2D eigenvalue weighted by Gasteiger charge is -2.19. The Bertz CT molecular complexity index is 749. The van der Waals surface area contributed by atoms with Gasteiger partial charge in [0, 0.05) is 0 Å². The molecule has 2 aromatic rings. The van der Waals surface area contributed by atoms with Crippen LogP contribution in [0.3, 0.4) is 0 Å². The van der Waals surface area contributed by atoms with Crippen molar-refractivity contribution in [1.29, 1.82) is 0 Å². The summed E-state index contributed by atoms with van der Waals surface area (Å²) >= 11 is 0. The van der Waals surface area contributed by atoms with E-state index in [2.05, 4.69) is 4.98 Å². The molecule has 0 spiro atoms. The van der Waals surface area contributed by atoms with Crippen LogP contribution in [0.4, 0.5) is 8.78 Å². The summed E-state index contributed by atoms with van der Waals surface area (Å²) in [5, 5.41) is 9.07. The summed E-state index contributed by atoms with van der Waals surface area (Å²) in [4.78, 5) is 14.6. The summed E-state index contributed by atoms with van der Waals surface area (Å²) in [7, 11) is 0. The molecule has 3 nitrogen and oxygen atoms in total. The summed E-state index contributed by atoms with van der Waals surface area (Å²) in [5.41, 5.74) is 1.76. The van der Waals surface area contributed by atoms with Gasteiger partial charge >= 0.3 is 5.97 Å². The van der Waals surface area contributed by atoms with E-state index < -0.39 is 17.6 Å². The maximum Gasteiger partial charge on any atom is 0.335 e. The topological polar surface area (TPSA) is 50.2 Å². The van der Waals surface area contributed by atoms with Crippen molar-refractivity contribution in [3.63, 3.8) is 0 Å². The first-order chi connectivity index (χ1) is 10.1. The lowest BCUT2D eigenvalue weighted by Crippen LogP contribution is -2.07. The third kappa shape index (κ3) is 2.31. The number of hydrogen-bond donors (Lipinski definition) is 1. The van der Waals surface area contributed by atoms with Crippen LogP contribution in [0.5, 0.6) is 0 Å². The molecular formula is C16H11F2NO2. The molecule has 0 unspecified atom stereocenters. The average molecular weight is 287 g/mol. The standard InChI is InChI=1S/C16H11F2NO2/c17-13-7-19-8-14(18)15(13)11-3-1-2-9-4-5-10(16(20)21)6-12(9)11/h3-8H,1-2H2,(H,20,21). The maximum absolute atomic E-state index is 13.9. The normalized spacial score (nSPS) is 13.5. The molecule has 3 rings (SSSR count). The number of allylic oxidation sites excluding steroid dienone is 1. The number of rotatable bonds is 2. The predicted molar refractivity (Wildman–Crippen MR) is 73.0 cm³/mol. The van der Waals surface area contributed by atoms with Gasteiger partial charge < -0.3 is 5.11 Å². The van der Waals surface area contributed by atoms with Gasteiger partial charge in [0.25, 0.3) is 0 Å². The van der Waals surface area contributed by atoms with E-state index in [4.69, 9.17) is 5.11 Å². The molecule has 0 saturated heterocycles. The van der Waals surface area contributed by atoms with E-state index in [1.54, 1.807) is 12.1 Å². The highest BCUT2D eigenvalue weighted by atomic mass is 19.1. The highest BCUT2D eigenvalue weighted by Gasteiger charge is 2.21. The van der Waals surface area contributed by atoms with Crippen molar-refractivity contribution in [1.82, 2.24) is 4.98 Å². The molecule has 0 fully saturated rings. The number of benzene rings is 1. The first kappa shape index (κ1) is 13.4. The molecule has 21 heavy (non-hydrogen) atoms. The van der Waals surface area contributed by atoms with Gasteiger partial charge in [0.1, 0.15) is 0 Å². The van der Waals surface area contributed by atoms with Crippen LogP contribution in [0, 0.1) is 11.6 Å². The molecule has 1 N–H and O–H groups in total. The Balaban J connectivity index is 2.21. The Morgan fingerprint density at radius 2 is 1.90 bits per heavy atom. The number of aromatic carboxylic acids is 1. The van der Waals surface area contributed by atoms with E-state index in [9.17, 15) is 13.6 Å². The summed E-state index contributed by atoms with van der Waals surface area (Å²) in [5.74, 6) is -2.58. The van der Waals surface area contributed by atoms with Crippen molar-refractivity contribution in [2.75, 3.05) is 0 Å². The number of hydrogen-bond acceptors (Lipinski definition) is 2.